The molecule has 0 N–H and O–H groups in total. The van der Waals surface area contributed by atoms with E-state index in [0.717, 1.165) is 12.8 Å². The zero-order valence-electron chi connectivity index (χ0n) is 18.1. The lowest BCUT2D eigenvalue weighted by Gasteiger charge is -2.17. The Morgan fingerprint density at radius 1 is 0.821 bits per heavy atom. The molecule has 0 saturated heterocycles. The van der Waals surface area contributed by atoms with Crippen LogP contribution in [0, 0.1) is 5.41 Å². The topological polar surface area (TPSA) is 65.5 Å². The van der Waals surface area contributed by atoms with Gasteiger partial charge in [0.1, 0.15) is 11.4 Å². The van der Waals surface area contributed by atoms with Gasteiger partial charge in [0.25, 0.3) is 0 Å². The van der Waals surface area contributed by atoms with E-state index in [4.69, 9.17) is 9.47 Å². The van der Waals surface area contributed by atoms with E-state index < -0.39 is 11.9 Å². The molecule has 0 radical (unpaired) electrons. The number of esters is 2. The van der Waals surface area contributed by atoms with E-state index in [1.807, 2.05) is 20.8 Å². The highest BCUT2D eigenvalue weighted by Gasteiger charge is 2.17. The van der Waals surface area contributed by atoms with Crippen LogP contribution < -0.4 is 0 Å². The van der Waals surface area contributed by atoms with Gasteiger partial charge >= 0.3 is 11.9 Å². The maximum absolute atomic E-state index is 12.1. The highest BCUT2D eigenvalue weighted by molar-refractivity contribution is 5.91. The fourth-order valence-electron chi connectivity index (χ4n) is 2.67. The number of rotatable bonds is 13. The Hall–Kier alpha value is -1.91. The van der Waals surface area contributed by atoms with Crippen LogP contribution in [-0.2, 0) is 9.47 Å². The minimum Gasteiger partial charge on any atom is -0.461 e. The molecule has 1 rings (SSSR count). The molecule has 1 heterocycles. The molecular weight excluding hydrogens is 354 g/mol. The van der Waals surface area contributed by atoms with E-state index in [0.29, 0.717) is 13.2 Å². The monoisotopic (exact) mass is 391 g/mol. The van der Waals surface area contributed by atoms with Gasteiger partial charge < -0.3 is 9.47 Å². The van der Waals surface area contributed by atoms with E-state index in [2.05, 4.69) is 11.9 Å². The fraction of sp³-hybridized carbons (Fsp3) is 0.696. The molecule has 5 heteroatoms. The Morgan fingerprint density at radius 2 is 1.32 bits per heavy atom. The summed E-state index contributed by atoms with van der Waals surface area (Å²) in [5.41, 5.74) is 0.143. The zero-order valence-corrected chi connectivity index (χ0v) is 18.1. The molecule has 0 aliphatic carbocycles. The summed E-state index contributed by atoms with van der Waals surface area (Å²) in [6, 6.07) is 4.72. The third-order valence-electron chi connectivity index (χ3n) is 4.28. The molecule has 0 fully saturated rings. The molecule has 158 valence electrons. The molecular formula is C23H37NO4. The van der Waals surface area contributed by atoms with Gasteiger partial charge in [-0.05, 0) is 24.0 Å². The molecule has 5 nitrogen and oxygen atoms in total. The van der Waals surface area contributed by atoms with Gasteiger partial charge in [-0.3, -0.25) is 0 Å². The number of hydrogen-bond donors (Lipinski definition) is 0. The van der Waals surface area contributed by atoms with Crippen molar-refractivity contribution in [3.8, 4) is 0 Å². The standard InChI is InChI=1S/C23H37NO4/c1-5-6-7-8-9-10-11-12-13-17-27-21(25)19-15-14-16-20(24-19)22(26)28-18-23(2,3)4/h14-16H,5-13,17-18H2,1-4H3. The van der Waals surface area contributed by atoms with Crippen LogP contribution in [0.2, 0.25) is 0 Å². The van der Waals surface area contributed by atoms with Crippen molar-refractivity contribution in [2.75, 3.05) is 13.2 Å². The molecule has 0 saturated carbocycles. The van der Waals surface area contributed by atoms with Gasteiger partial charge in [-0.2, -0.15) is 0 Å². The third kappa shape index (κ3) is 11.1. The lowest BCUT2D eigenvalue weighted by Crippen LogP contribution is -2.19. The summed E-state index contributed by atoms with van der Waals surface area (Å²) in [5.74, 6) is -1.02. The third-order valence-corrected chi connectivity index (χ3v) is 4.28. The van der Waals surface area contributed by atoms with Crippen LogP contribution in [0.3, 0.4) is 0 Å². The molecule has 0 bridgehead atoms. The minimum absolute atomic E-state index is 0.123. The largest absolute Gasteiger partial charge is 0.461 e. The summed E-state index contributed by atoms with van der Waals surface area (Å²) in [6.45, 7) is 8.84. The van der Waals surface area contributed by atoms with Gasteiger partial charge in [-0.1, -0.05) is 85.1 Å². The number of carbonyl (C=O) groups excluding carboxylic acids is 2. The first kappa shape index (κ1) is 24.1. The fourth-order valence-corrected chi connectivity index (χ4v) is 2.67. The van der Waals surface area contributed by atoms with Gasteiger partial charge in [-0.25, -0.2) is 14.6 Å². The molecule has 0 aliphatic rings. The van der Waals surface area contributed by atoms with E-state index in [-0.39, 0.29) is 16.8 Å². The van der Waals surface area contributed by atoms with E-state index >= 15 is 0 Å². The van der Waals surface area contributed by atoms with Gasteiger partial charge in [0, 0.05) is 0 Å². The molecule has 0 atom stereocenters. The van der Waals surface area contributed by atoms with Gasteiger partial charge in [0.05, 0.1) is 13.2 Å². The predicted molar refractivity (Wildman–Crippen MR) is 111 cm³/mol. The number of unbranched alkanes of at least 4 members (excludes halogenated alkanes) is 8. The summed E-state index contributed by atoms with van der Waals surface area (Å²) < 4.78 is 10.5. The number of ether oxygens (including phenoxy) is 2. The summed E-state index contributed by atoms with van der Waals surface area (Å²) in [7, 11) is 0. The van der Waals surface area contributed by atoms with E-state index in [1.165, 1.54) is 44.9 Å². The first-order chi connectivity index (χ1) is 13.3. The van der Waals surface area contributed by atoms with Crippen LogP contribution in [0.4, 0.5) is 0 Å². The van der Waals surface area contributed by atoms with Crippen molar-refractivity contribution in [2.24, 2.45) is 5.41 Å². The van der Waals surface area contributed by atoms with Gasteiger partial charge in [0.2, 0.25) is 0 Å². The van der Waals surface area contributed by atoms with Crippen molar-refractivity contribution in [2.45, 2.75) is 85.5 Å². The summed E-state index contributed by atoms with van der Waals surface area (Å²) >= 11 is 0. The Balaban J connectivity index is 2.27. The number of aromatic nitrogens is 1. The quantitative estimate of drug-likeness (QED) is 0.306. The van der Waals surface area contributed by atoms with Crippen molar-refractivity contribution in [1.29, 1.82) is 0 Å². The predicted octanol–water partition coefficient (Wildman–Crippen LogP) is 5.97. The lowest BCUT2D eigenvalue weighted by molar-refractivity contribution is 0.0359. The summed E-state index contributed by atoms with van der Waals surface area (Å²) in [6.07, 6.45) is 10.9. The Morgan fingerprint density at radius 3 is 1.86 bits per heavy atom. The molecule has 0 unspecified atom stereocenters. The van der Waals surface area contributed by atoms with Crippen LogP contribution in [0.25, 0.3) is 0 Å². The number of pyridine rings is 1. The Labute approximate surface area is 170 Å². The number of nitrogens with zero attached hydrogens (tertiary/aromatic N) is 1. The zero-order chi connectivity index (χ0) is 20.8. The lowest BCUT2D eigenvalue weighted by atomic mass is 9.99. The number of hydrogen-bond acceptors (Lipinski definition) is 5. The summed E-state index contributed by atoms with van der Waals surface area (Å²) in [5, 5.41) is 0. The molecule has 0 spiro atoms. The van der Waals surface area contributed by atoms with Crippen LogP contribution >= 0.6 is 0 Å². The second kappa shape index (κ2) is 13.3. The van der Waals surface area contributed by atoms with Crippen molar-refractivity contribution < 1.29 is 19.1 Å². The molecule has 0 amide bonds. The van der Waals surface area contributed by atoms with Gasteiger partial charge in [0.15, 0.2) is 0 Å². The average molecular weight is 392 g/mol. The van der Waals surface area contributed by atoms with E-state index in [9.17, 15) is 9.59 Å². The highest BCUT2D eigenvalue weighted by atomic mass is 16.5. The SMILES string of the molecule is CCCCCCCCCCCOC(=O)c1cccc(C(=O)OCC(C)(C)C)n1. The van der Waals surface area contributed by atoms with Crippen LogP contribution in [-0.4, -0.2) is 30.1 Å². The van der Waals surface area contributed by atoms with Crippen LogP contribution in [0.1, 0.15) is 106 Å². The Kier molecular flexibility index (Phi) is 11.5. The normalized spacial score (nSPS) is 11.3. The maximum atomic E-state index is 12.1. The van der Waals surface area contributed by atoms with Crippen molar-refractivity contribution >= 4 is 11.9 Å². The smallest absolute Gasteiger partial charge is 0.356 e. The van der Waals surface area contributed by atoms with E-state index in [1.54, 1.807) is 18.2 Å². The van der Waals surface area contributed by atoms with Gasteiger partial charge in [-0.15, -0.1) is 0 Å². The first-order valence-corrected chi connectivity index (χ1v) is 10.6. The first-order valence-electron chi connectivity index (χ1n) is 10.6. The molecule has 1 aromatic rings. The van der Waals surface area contributed by atoms with Crippen LogP contribution in [0.5, 0.6) is 0 Å². The highest BCUT2D eigenvalue weighted by Crippen LogP contribution is 2.14. The van der Waals surface area contributed by atoms with Crippen molar-refractivity contribution in [3.63, 3.8) is 0 Å². The molecule has 0 aliphatic heterocycles. The second-order valence-electron chi connectivity index (χ2n) is 8.51. The molecule has 28 heavy (non-hydrogen) atoms. The summed E-state index contributed by atoms with van der Waals surface area (Å²) in [4.78, 5) is 28.3. The van der Waals surface area contributed by atoms with Crippen molar-refractivity contribution in [1.82, 2.24) is 4.98 Å². The van der Waals surface area contributed by atoms with Crippen molar-refractivity contribution in [3.05, 3.63) is 29.6 Å². The minimum atomic E-state index is -0.525. The van der Waals surface area contributed by atoms with Crippen LogP contribution in [0.15, 0.2) is 18.2 Å². The molecule has 0 aromatic carbocycles. The average Bonchev–Trinajstić information content (AvgIpc) is 2.67. The Bertz CT molecular complexity index is 593. The maximum Gasteiger partial charge on any atom is 0.356 e. The molecule has 1 aromatic heterocycles. The number of carbonyl (C=O) groups is 2. The second-order valence-corrected chi connectivity index (χ2v) is 8.51.